The van der Waals surface area contributed by atoms with Crippen molar-refractivity contribution < 1.29 is 9.18 Å². The predicted octanol–water partition coefficient (Wildman–Crippen LogP) is 2.94. The van der Waals surface area contributed by atoms with Crippen LogP contribution in [-0.4, -0.2) is 39.7 Å². The fourth-order valence-electron chi connectivity index (χ4n) is 3.18. The van der Waals surface area contributed by atoms with Crippen LogP contribution in [0.4, 0.5) is 4.39 Å². The van der Waals surface area contributed by atoms with E-state index < -0.39 is 0 Å². The van der Waals surface area contributed by atoms with Gasteiger partial charge in [-0.15, -0.1) is 12.4 Å². The number of rotatable bonds is 2. The van der Waals surface area contributed by atoms with Gasteiger partial charge in [-0.1, -0.05) is 13.8 Å². The number of amides is 1. The van der Waals surface area contributed by atoms with E-state index >= 15 is 0 Å². The molecule has 25 heavy (non-hydrogen) atoms. The Labute approximate surface area is 153 Å². The zero-order chi connectivity index (χ0) is 17.5. The summed E-state index contributed by atoms with van der Waals surface area (Å²) < 4.78 is 14.7. The van der Waals surface area contributed by atoms with Crippen LogP contribution in [0.25, 0.3) is 5.69 Å². The van der Waals surface area contributed by atoms with Crippen LogP contribution in [-0.2, 0) is 0 Å². The molecule has 1 aliphatic heterocycles. The minimum atomic E-state index is -0.299. The Hall–Kier alpha value is -1.92. The number of benzene rings is 1. The molecule has 0 spiro atoms. The molecule has 1 saturated heterocycles. The van der Waals surface area contributed by atoms with Crippen molar-refractivity contribution >= 4 is 18.3 Å². The van der Waals surface area contributed by atoms with E-state index in [2.05, 4.69) is 18.9 Å². The van der Waals surface area contributed by atoms with Gasteiger partial charge in [-0.05, 0) is 43.0 Å². The minimum Gasteiger partial charge on any atom is -0.338 e. The van der Waals surface area contributed by atoms with Crippen LogP contribution in [0.5, 0.6) is 0 Å². The average molecular weight is 367 g/mol. The summed E-state index contributed by atoms with van der Waals surface area (Å²) in [5, 5.41) is 4.30. The fraction of sp³-hybridized carbons (Fsp3) is 0.444. The standard InChI is InChI=1S/C18H23FN4O.ClH/c1-12-15(10-21-23(12)14-6-4-13(19)5-7-14)17(24)22-9-8-16(20)18(2,3)11-22;/h4-7,10,16H,8-9,11,20H2,1-3H3;1H. The summed E-state index contributed by atoms with van der Waals surface area (Å²) in [5.41, 5.74) is 8.10. The Morgan fingerprint density at radius 2 is 1.96 bits per heavy atom. The number of likely N-dealkylation sites (tertiary alicyclic amines) is 1. The molecule has 0 bridgehead atoms. The zero-order valence-corrected chi connectivity index (χ0v) is 15.5. The molecule has 1 fully saturated rings. The van der Waals surface area contributed by atoms with E-state index in [1.54, 1.807) is 23.0 Å². The number of carbonyl (C=O) groups excluding carboxylic acids is 1. The Kier molecular flexibility index (Phi) is 5.54. The summed E-state index contributed by atoms with van der Waals surface area (Å²) in [6.07, 6.45) is 2.38. The summed E-state index contributed by atoms with van der Waals surface area (Å²) in [5.74, 6) is -0.326. The molecule has 0 radical (unpaired) electrons. The second-order valence-electron chi connectivity index (χ2n) is 7.14. The first-order valence-corrected chi connectivity index (χ1v) is 8.15. The molecule has 0 aliphatic carbocycles. The van der Waals surface area contributed by atoms with Crippen LogP contribution in [0.1, 0.15) is 36.3 Å². The third kappa shape index (κ3) is 3.70. The van der Waals surface area contributed by atoms with Crippen LogP contribution in [0.2, 0.25) is 0 Å². The maximum atomic E-state index is 13.1. The molecule has 136 valence electrons. The van der Waals surface area contributed by atoms with Gasteiger partial charge in [0.15, 0.2) is 0 Å². The Morgan fingerprint density at radius 3 is 2.56 bits per heavy atom. The largest absolute Gasteiger partial charge is 0.338 e. The lowest BCUT2D eigenvalue weighted by molar-refractivity contribution is 0.0532. The highest BCUT2D eigenvalue weighted by molar-refractivity contribution is 5.95. The average Bonchev–Trinajstić information content (AvgIpc) is 2.92. The summed E-state index contributed by atoms with van der Waals surface area (Å²) in [7, 11) is 0. The number of aromatic nitrogens is 2. The molecule has 1 unspecified atom stereocenters. The molecule has 2 N–H and O–H groups in total. The number of nitrogens with zero attached hydrogens (tertiary/aromatic N) is 3. The lowest BCUT2D eigenvalue weighted by Gasteiger charge is -2.42. The number of hydrogen-bond donors (Lipinski definition) is 1. The van der Waals surface area contributed by atoms with Crippen molar-refractivity contribution in [3.05, 3.63) is 47.5 Å². The second-order valence-corrected chi connectivity index (χ2v) is 7.14. The van der Waals surface area contributed by atoms with E-state index in [0.29, 0.717) is 18.7 Å². The van der Waals surface area contributed by atoms with Crippen LogP contribution in [0.15, 0.2) is 30.5 Å². The predicted molar refractivity (Wildman–Crippen MR) is 97.8 cm³/mol. The van der Waals surface area contributed by atoms with Gasteiger partial charge in [0.05, 0.1) is 23.1 Å². The highest BCUT2D eigenvalue weighted by Crippen LogP contribution is 2.29. The van der Waals surface area contributed by atoms with Crippen molar-refractivity contribution in [3.63, 3.8) is 0 Å². The first-order valence-electron chi connectivity index (χ1n) is 8.15. The molecule has 1 aromatic carbocycles. The van der Waals surface area contributed by atoms with Gasteiger partial charge in [-0.25, -0.2) is 9.07 Å². The molecule has 5 nitrogen and oxygen atoms in total. The van der Waals surface area contributed by atoms with E-state index in [1.165, 1.54) is 12.1 Å². The Bertz CT molecular complexity index is 757. The van der Waals surface area contributed by atoms with E-state index in [0.717, 1.165) is 17.8 Å². The van der Waals surface area contributed by atoms with Gasteiger partial charge in [0.1, 0.15) is 5.82 Å². The number of piperidine rings is 1. The molecule has 0 saturated carbocycles. The highest BCUT2D eigenvalue weighted by atomic mass is 35.5. The number of carbonyl (C=O) groups is 1. The zero-order valence-electron chi connectivity index (χ0n) is 14.7. The lowest BCUT2D eigenvalue weighted by Crippen LogP contribution is -2.54. The third-order valence-electron chi connectivity index (χ3n) is 4.91. The summed E-state index contributed by atoms with van der Waals surface area (Å²) >= 11 is 0. The van der Waals surface area contributed by atoms with Crippen LogP contribution in [0.3, 0.4) is 0 Å². The van der Waals surface area contributed by atoms with Crippen molar-refractivity contribution in [2.45, 2.75) is 33.2 Å². The molecule has 2 aromatic rings. The quantitative estimate of drug-likeness (QED) is 0.888. The second kappa shape index (κ2) is 7.14. The topological polar surface area (TPSA) is 64.2 Å². The van der Waals surface area contributed by atoms with Gasteiger partial charge in [0.2, 0.25) is 0 Å². The van der Waals surface area contributed by atoms with Gasteiger partial charge in [0, 0.05) is 19.1 Å². The SMILES string of the molecule is Cc1c(C(=O)N2CCC(N)C(C)(C)C2)cnn1-c1ccc(F)cc1.Cl. The molecular formula is C18H24ClFN4O. The molecule has 1 aliphatic rings. The maximum absolute atomic E-state index is 13.1. The minimum absolute atomic E-state index is 0. The lowest BCUT2D eigenvalue weighted by atomic mass is 9.79. The van der Waals surface area contributed by atoms with Crippen molar-refractivity contribution in [1.82, 2.24) is 14.7 Å². The third-order valence-corrected chi connectivity index (χ3v) is 4.91. The maximum Gasteiger partial charge on any atom is 0.257 e. The molecule has 3 rings (SSSR count). The summed E-state index contributed by atoms with van der Waals surface area (Å²) in [4.78, 5) is 14.7. The number of halogens is 2. The molecule has 1 amide bonds. The smallest absolute Gasteiger partial charge is 0.257 e. The van der Waals surface area contributed by atoms with Crippen LogP contribution in [0, 0.1) is 18.2 Å². The first kappa shape index (κ1) is 19.4. The number of hydrogen-bond acceptors (Lipinski definition) is 3. The van der Waals surface area contributed by atoms with E-state index in [-0.39, 0.29) is 35.6 Å². The fourth-order valence-corrected chi connectivity index (χ4v) is 3.18. The normalized spacial score (nSPS) is 19.4. The molecule has 2 heterocycles. The number of nitrogens with two attached hydrogens (primary N) is 1. The molecule has 1 atom stereocenters. The van der Waals surface area contributed by atoms with Gasteiger partial charge in [-0.3, -0.25) is 4.79 Å². The van der Waals surface area contributed by atoms with E-state index in [9.17, 15) is 9.18 Å². The monoisotopic (exact) mass is 366 g/mol. The summed E-state index contributed by atoms with van der Waals surface area (Å²) in [6.45, 7) is 7.32. The summed E-state index contributed by atoms with van der Waals surface area (Å²) in [6, 6.07) is 6.16. The first-order chi connectivity index (χ1) is 11.3. The van der Waals surface area contributed by atoms with Gasteiger partial charge < -0.3 is 10.6 Å². The van der Waals surface area contributed by atoms with E-state index in [1.807, 2.05) is 11.8 Å². The van der Waals surface area contributed by atoms with Crippen molar-refractivity contribution in [2.75, 3.05) is 13.1 Å². The molecule has 7 heteroatoms. The van der Waals surface area contributed by atoms with Gasteiger partial charge >= 0.3 is 0 Å². The molecular weight excluding hydrogens is 343 g/mol. The van der Waals surface area contributed by atoms with Gasteiger partial charge in [-0.2, -0.15) is 5.10 Å². The van der Waals surface area contributed by atoms with E-state index in [4.69, 9.17) is 5.73 Å². The van der Waals surface area contributed by atoms with Crippen molar-refractivity contribution in [3.8, 4) is 5.69 Å². The van der Waals surface area contributed by atoms with Gasteiger partial charge in [0.25, 0.3) is 5.91 Å². The highest BCUT2D eigenvalue weighted by Gasteiger charge is 2.36. The Balaban J connectivity index is 0.00000225. The van der Waals surface area contributed by atoms with Crippen molar-refractivity contribution in [1.29, 1.82) is 0 Å². The van der Waals surface area contributed by atoms with Crippen molar-refractivity contribution in [2.24, 2.45) is 11.1 Å². The van der Waals surface area contributed by atoms with Crippen LogP contribution >= 0.6 is 12.4 Å². The molecule has 1 aromatic heterocycles. The van der Waals surface area contributed by atoms with Crippen LogP contribution < -0.4 is 5.73 Å². The Morgan fingerprint density at radius 1 is 1.32 bits per heavy atom.